The van der Waals surface area contributed by atoms with Crippen molar-refractivity contribution < 1.29 is 24.3 Å². The topological polar surface area (TPSA) is 104 Å². The van der Waals surface area contributed by atoms with Crippen molar-refractivity contribution in [2.75, 3.05) is 24.6 Å². The van der Waals surface area contributed by atoms with Gasteiger partial charge in [0.05, 0.1) is 0 Å². The average Bonchev–Trinajstić information content (AvgIpc) is 3.74. The van der Waals surface area contributed by atoms with Crippen molar-refractivity contribution in [3.05, 3.63) is 117 Å². The summed E-state index contributed by atoms with van der Waals surface area (Å²) < 4.78 is 0. The molecule has 4 rings (SSSR count). The van der Waals surface area contributed by atoms with Crippen LogP contribution in [0.4, 0.5) is 9.59 Å². The smallest absolute Gasteiger partial charge is 0.328 e. The third-order valence-corrected chi connectivity index (χ3v) is 11.5. The lowest BCUT2D eigenvalue weighted by Crippen LogP contribution is -2.29. The molecule has 2 heterocycles. The number of hydrogen-bond donors (Lipinski definition) is 2. The maximum Gasteiger partial charge on any atom is 0.328 e. The number of amides is 3. The molecule has 0 radical (unpaired) electrons. The zero-order chi connectivity index (χ0) is 41.2. The molecule has 2 aliphatic heterocycles. The number of hydrogen-bond acceptors (Lipinski definition) is 6. The van der Waals surface area contributed by atoms with Crippen molar-refractivity contribution in [2.24, 2.45) is 10.8 Å². The first-order valence-corrected chi connectivity index (χ1v) is 21.2. The highest BCUT2D eigenvalue weighted by Gasteiger charge is 2.28. The zero-order valence-electron chi connectivity index (χ0n) is 34.8. The summed E-state index contributed by atoms with van der Waals surface area (Å²) in [6.45, 7) is 22.9. The molecule has 0 spiro atoms. The van der Waals surface area contributed by atoms with Gasteiger partial charge in [-0.05, 0) is 113 Å². The molecular weight excluding hydrogens is 725 g/mol. The van der Waals surface area contributed by atoms with Gasteiger partial charge in [-0.25, -0.2) is 4.79 Å². The number of aliphatic carboxylic acids is 1. The first-order valence-electron chi connectivity index (χ1n) is 19.3. The number of carboxylic acids is 1. The molecule has 0 aromatic rings. The highest BCUT2D eigenvalue weighted by atomic mass is 32.2. The Labute approximate surface area is 339 Å². The molecule has 2 fully saturated rings. The van der Waals surface area contributed by atoms with E-state index in [0.29, 0.717) is 12.3 Å². The van der Waals surface area contributed by atoms with Gasteiger partial charge < -0.3 is 10.4 Å². The highest BCUT2D eigenvalue weighted by Crippen LogP contribution is 2.41. The van der Waals surface area contributed by atoms with Crippen molar-refractivity contribution in [3.8, 4) is 0 Å². The number of carboxylic acid groups (broad SMARTS) is 1. The van der Waals surface area contributed by atoms with E-state index in [1.807, 2.05) is 37.3 Å². The normalized spacial score (nSPS) is 21.1. The van der Waals surface area contributed by atoms with Gasteiger partial charge in [0.15, 0.2) is 0 Å². The minimum absolute atomic E-state index is 0.120. The predicted octanol–water partition coefficient (Wildman–Crippen LogP) is 12.3. The maximum atomic E-state index is 12.1. The summed E-state index contributed by atoms with van der Waals surface area (Å²) in [7, 11) is 0. The number of nitrogens with zero attached hydrogens (tertiary/aromatic N) is 1. The van der Waals surface area contributed by atoms with E-state index in [1.54, 1.807) is 13.0 Å². The summed E-state index contributed by atoms with van der Waals surface area (Å²) in [4.78, 5) is 45.6. The van der Waals surface area contributed by atoms with Crippen LogP contribution in [0.3, 0.4) is 0 Å². The van der Waals surface area contributed by atoms with Gasteiger partial charge in [0.25, 0.3) is 16.4 Å². The minimum Gasteiger partial charge on any atom is -0.478 e. The summed E-state index contributed by atoms with van der Waals surface area (Å²) in [5.74, 6) is 0.493. The van der Waals surface area contributed by atoms with Gasteiger partial charge in [-0.3, -0.25) is 19.3 Å². The summed E-state index contributed by atoms with van der Waals surface area (Å²) in [5, 5.41) is 11.3. The summed E-state index contributed by atoms with van der Waals surface area (Å²) in [5.41, 5.74) is 10.3. The van der Waals surface area contributed by atoms with Crippen molar-refractivity contribution in [1.29, 1.82) is 0 Å². The lowest BCUT2D eigenvalue weighted by atomic mass is 9.72. The number of rotatable bonds is 10. The quantitative estimate of drug-likeness (QED) is 0.168. The fourth-order valence-electron chi connectivity index (χ4n) is 6.77. The molecule has 2 saturated heterocycles. The molecule has 2 aliphatic carbocycles. The van der Waals surface area contributed by atoms with Gasteiger partial charge >= 0.3 is 5.97 Å². The predicted molar refractivity (Wildman–Crippen MR) is 235 cm³/mol. The molecule has 0 unspecified atom stereocenters. The molecule has 0 saturated carbocycles. The second kappa shape index (κ2) is 23.3. The zero-order valence-corrected chi connectivity index (χ0v) is 36.5. The van der Waals surface area contributed by atoms with Crippen LogP contribution in [0.25, 0.3) is 0 Å². The van der Waals surface area contributed by atoms with Crippen LogP contribution >= 0.6 is 23.5 Å². The van der Waals surface area contributed by atoms with E-state index in [0.717, 1.165) is 34.6 Å². The molecule has 2 N–H and O–H groups in total. The minimum atomic E-state index is -0.912. The molecule has 4 aliphatic rings. The first-order chi connectivity index (χ1) is 25.8. The Kier molecular flexibility index (Phi) is 20.0. The Hall–Kier alpha value is -3.82. The summed E-state index contributed by atoms with van der Waals surface area (Å²) in [6, 6.07) is 0. The number of carbonyl (C=O) groups is 4. The van der Waals surface area contributed by atoms with Gasteiger partial charge in [0, 0.05) is 36.7 Å². The van der Waals surface area contributed by atoms with E-state index < -0.39 is 5.97 Å². The van der Waals surface area contributed by atoms with Crippen LogP contribution < -0.4 is 5.32 Å². The van der Waals surface area contributed by atoms with Crippen LogP contribution in [0.15, 0.2) is 117 Å². The number of carbonyl (C=O) groups excluding carboxylic acids is 3. The molecule has 55 heavy (non-hydrogen) atoms. The van der Waals surface area contributed by atoms with Crippen LogP contribution in [0.1, 0.15) is 108 Å². The monoisotopic (exact) mass is 788 g/mol. The third-order valence-electron chi connectivity index (χ3n) is 9.88. The molecule has 0 aromatic carbocycles. The summed E-state index contributed by atoms with van der Waals surface area (Å²) >= 11 is 2.54. The average molecular weight is 789 g/mol. The van der Waals surface area contributed by atoms with E-state index in [9.17, 15) is 19.2 Å². The Bertz CT molecular complexity index is 1720. The Morgan fingerprint density at radius 3 is 1.56 bits per heavy atom. The number of allylic oxidation sites excluding steroid dienone is 18. The number of imide groups is 1. The molecule has 9 heteroatoms. The molecule has 300 valence electrons. The highest BCUT2D eigenvalue weighted by molar-refractivity contribution is 8.14. The molecule has 3 amide bonds. The largest absolute Gasteiger partial charge is 0.478 e. The van der Waals surface area contributed by atoms with Crippen LogP contribution in [0.5, 0.6) is 0 Å². The standard InChI is InChI=1S/C23H31NO2S.C20H28O2.C3H5NOS/c1-17(11-12-20-19(3)10-7-13-23(20,4)5)8-6-9-18(2)16-21(25)24-14-15-27-22(24)26;1-15(8-6-9-16(2)14-19(21)22)11-12-18-17(3)10-7-13-20(18,4)5;5-3-4-1-2-6-3/h6,8-9,11-12,16H,7,10,13-15H2,1-5H3;6,8-9,11-12,14H,7,10,13H2,1-5H3,(H,21,22);1-2H2,(H,4,5)/b9-6+,12-11+,17-8+,18-16+;9-6+,12-11+,15-8+,16-14+;. The summed E-state index contributed by atoms with van der Waals surface area (Å²) in [6.07, 6.45) is 30.6. The van der Waals surface area contributed by atoms with Gasteiger partial charge in [-0.15, -0.1) is 0 Å². The Morgan fingerprint density at radius 2 is 1.20 bits per heavy atom. The van der Waals surface area contributed by atoms with Crippen LogP contribution in [-0.2, 0) is 9.59 Å². The SMILES string of the molecule is CC1=C(/C=C/C(C)=C/C=C/C(C)=C/C(=O)N2CCSC2=O)C(C)(C)CCC1.CC1=C(/C=C/C(C)=C/C=C/C(C)=C/C(=O)O)C(C)(C)CCC1.O=C1NCCS1. The van der Waals surface area contributed by atoms with Gasteiger partial charge in [0.1, 0.15) is 0 Å². The third kappa shape index (κ3) is 17.7. The molecule has 0 atom stereocenters. The number of nitrogens with one attached hydrogen (secondary N) is 1. The van der Waals surface area contributed by atoms with E-state index in [1.165, 1.54) is 101 Å². The van der Waals surface area contributed by atoms with Gasteiger partial charge in [0.2, 0.25) is 0 Å². The fraction of sp³-hybridized carbons (Fsp3) is 0.478. The second-order valence-corrected chi connectivity index (χ2v) is 18.0. The van der Waals surface area contributed by atoms with Gasteiger partial charge in [-0.2, -0.15) is 0 Å². The fourth-order valence-corrected chi connectivity index (χ4v) is 8.15. The van der Waals surface area contributed by atoms with Crippen molar-refractivity contribution in [2.45, 2.75) is 108 Å². The Morgan fingerprint density at radius 1 is 0.709 bits per heavy atom. The van der Waals surface area contributed by atoms with Crippen molar-refractivity contribution in [1.82, 2.24) is 10.2 Å². The van der Waals surface area contributed by atoms with E-state index in [2.05, 4.69) is 85.0 Å². The molecule has 0 bridgehead atoms. The van der Waals surface area contributed by atoms with Crippen molar-refractivity contribution >= 4 is 45.9 Å². The molecule has 7 nitrogen and oxygen atoms in total. The molecule has 0 aromatic heterocycles. The Balaban J connectivity index is 0.000000334. The molecular formula is C46H64N2O5S2. The lowest BCUT2D eigenvalue weighted by Gasteiger charge is -2.33. The maximum absolute atomic E-state index is 12.1. The van der Waals surface area contributed by atoms with Crippen LogP contribution in [-0.4, -0.2) is 57.0 Å². The second-order valence-electron chi connectivity index (χ2n) is 15.9. The van der Waals surface area contributed by atoms with Crippen LogP contribution in [0.2, 0.25) is 0 Å². The number of thioether (sulfide) groups is 2. The van der Waals surface area contributed by atoms with Crippen molar-refractivity contribution in [3.63, 3.8) is 0 Å². The van der Waals surface area contributed by atoms with E-state index in [4.69, 9.17) is 5.11 Å². The van der Waals surface area contributed by atoms with E-state index >= 15 is 0 Å². The van der Waals surface area contributed by atoms with Gasteiger partial charge in [-0.1, -0.05) is 134 Å². The lowest BCUT2D eigenvalue weighted by molar-refractivity contribution is -0.131. The first kappa shape index (κ1) is 47.3. The van der Waals surface area contributed by atoms with Crippen LogP contribution in [0, 0.1) is 10.8 Å². The van der Waals surface area contributed by atoms with E-state index in [-0.39, 0.29) is 27.2 Å².